The maximum Gasteiger partial charge on any atom is 0.255 e. The number of carbonyl (C=O) groups excluding carboxylic acids is 1. The highest BCUT2D eigenvalue weighted by molar-refractivity contribution is 6.04. The average molecular weight is 265 g/mol. The van der Waals surface area contributed by atoms with Crippen LogP contribution in [0.25, 0.3) is 0 Å². The molecule has 0 saturated carbocycles. The summed E-state index contributed by atoms with van der Waals surface area (Å²) in [5.74, 6) is -0.0200. The van der Waals surface area contributed by atoms with Gasteiger partial charge in [-0.05, 0) is 73.6 Å². The lowest BCUT2D eigenvalue weighted by Gasteiger charge is -2.10. The first-order valence-electron chi connectivity index (χ1n) is 7.14. The molecule has 0 aliphatic heterocycles. The molecule has 20 heavy (non-hydrogen) atoms. The Hall–Kier alpha value is -2.09. The zero-order chi connectivity index (χ0) is 14.1. The maximum absolute atomic E-state index is 12.4. The van der Waals surface area contributed by atoms with Gasteiger partial charge in [0.1, 0.15) is 0 Å². The molecule has 102 valence electrons. The average Bonchev–Trinajstić information content (AvgIpc) is 2.90. The van der Waals surface area contributed by atoms with Crippen molar-refractivity contribution in [2.24, 2.45) is 0 Å². The van der Waals surface area contributed by atoms with E-state index < -0.39 is 0 Å². The van der Waals surface area contributed by atoms with Crippen LogP contribution in [-0.2, 0) is 12.8 Å². The van der Waals surface area contributed by atoms with E-state index in [4.69, 9.17) is 0 Å². The van der Waals surface area contributed by atoms with Crippen LogP contribution in [0.3, 0.4) is 0 Å². The van der Waals surface area contributed by atoms with Gasteiger partial charge < -0.3 is 5.32 Å². The van der Waals surface area contributed by atoms with Gasteiger partial charge in [0.2, 0.25) is 0 Å². The van der Waals surface area contributed by atoms with Crippen molar-refractivity contribution in [3.05, 3.63) is 64.2 Å². The minimum atomic E-state index is -0.0200. The second-order valence-electron chi connectivity index (χ2n) is 5.61. The lowest BCUT2D eigenvalue weighted by molar-refractivity contribution is 0.102. The van der Waals surface area contributed by atoms with Gasteiger partial charge in [0.05, 0.1) is 0 Å². The summed E-state index contributed by atoms with van der Waals surface area (Å²) in [6.07, 6.45) is 3.45. The molecule has 0 atom stereocenters. The van der Waals surface area contributed by atoms with E-state index in [0.29, 0.717) is 0 Å². The second-order valence-corrected chi connectivity index (χ2v) is 5.61. The molecule has 2 aromatic rings. The molecule has 1 N–H and O–H groups in total. The quantitative estimate of drug-likeness (QED) is 0.872. The van der Waals surface area contributed by atoms with Gasteiger partial charge in [0, 0.05) is 11.3 Å². The first kappa shape index (κ1) is 12.9. The molecule has 1 aliphatic rings. The Balaban J connectivity index is 1.84. The number of hydrogen-bond donors (Lipinski definition) is 1. The lowest BCUT2D eigenvalue weighted by atomic mass is 10.1. The molecule has 0 unspecified atom stereocenters. The topological polar surface area (TPSA) is 29.1 Å². The van der Waals surface area contributed by atoms with Crippen LogP contribution < -0.4 is 5.32 Å². The highest BCUT2D eigenvalue weighted by Gasteiger charge is 2.14. The molecule has 0 spiro atoms. The van der Waals surface area contributed by atoms with E-state index in [1.54, 1.807) is 0 Å². The fourth-order valence-electron chi connectivity index (χ4n) is 2.78. The Labute approximate surface area is 119 Å². The highest BCUT2D eigenvalue weighted by atomic mass is 16.1. The van der Waals surface area contributed by atoms with E-state index in [1.807, 2.05) is 38.1 Å². The maximum atomic E-state index is 12.4. The van der Waals surface area contributed by atoms with Crippen molar-refractivity contribution >= 4 is 11.6 Å². The molecule has 2 heteroatoms. The monoisotopic (exact) mass is 265 g/mol. The van der Waals surface area contributed by atoms with Gasteiger partial charge in [0.25, 0.3) is 5.91 Å². The fourth-order valence-corrected chi connectivity index (χ4v) is 2.78. The van der Waals surface area contributed by atoms with Crippen molar-refractivity contribution in [2.75, 3.05) is 5.32 Å². The number of nitrogens with one attached hydrogen (secondary N) is 1. The molecule has 0 saturated heterocycles. The summed E-state index contributed by atoms with van der Waals surface area (Å²) >= 11 is 0. The van der Waals surface area contributed by atoms with E-state index in [0.717, 1.165) is 35.2 Å². The molecule has 2 aromatic carbocycles. The van der Waals surface area contributed by atoms with Crippen molar-refractivity contribution < 1.29 is 4.79 Å². The number of anilines is 1. The van der Waals surface area contributed by atoms with Crippen LogP contribution in [0, 0.1) is 13.8 Å². The van der Waals surface area contributed by atoms with Gasteiger partial charge in [-0.15, -0.1) is 0 Å². The summed E-state index contributed by atoms with van der Waals surface area (Å²) in [5.41, 5.74) is 6.62. The number of rotatable bonds is 2. The Morgan fingerprint density at radius 3 is 2.65 bits per heavy atom. The third kappa shape index (κ3) is 2.46. The lowest BCUT2D eigenvalue weighted by Crippen LogP contribution is -2.13. The first-order valence-corrected chi connectivity index (χ1v) is 7.14. The third-order valence-corrected chi connectivity index (χ3v) is 4.00. The van der Waals surface area contributed by atoms with Gasteiger partial charge in [-0.2, -0.15) is 0 Å². The zero-order valence-electron chi connectivity index (χ0n) is 12.0. The predicted octanol–water partition coefficient (Wildman–Crippen LogP) is 4.04. The number of carbonyl (C=O) groups is 1. The standard InChI is InChI=1S/C18H19NO/c1-12-6-7-13(2)17(10-12)19-18(20)16-9-8-14-4-3-5-15(14)11-16/h6-11H,3-5H2,1-2H3,(H,19,20). The third-order valence-electron chi connectivity index (χ3n) is 4.00. The van der Waals surface area contributed by atoms with Crippen molar-refractivity contribution in [2.45, 2.75) is 33.1 Å². The Morgan fingerprint density at radius 1 is 1.00 bits per heavy atom. The Bertz CT molecular complexity index is 673. The smallest absolute Gasteiger partial charge is 0.255 e. The molecule has 0 radical (unpaired) electrons. The van der Waals surface area contributed by atoms with Gasteiger partial charge in [-0.1, -0.05) is 18.2 Å². The Morgan fingerprint density at radius 2 is 1.80 bits per heavy atom. The van der Waals surface area contributed by atoms with E-state index in [2.05, 4.69) is 17.4 Å². The number of hydrogen-bond acceptors (Lipinski definition) is 1. The van der Waals surface area contributed by atoms with E-state index in [-0.39, 0.29) is 5.91 Å². The Kier molecular flexibility index (Phi) is 3.31. The van der Waals surface area contributed by atoms with Crippen LogP contribution in [0.4, 0.5) is 5.69 Å². The molecule has 1 aliphatic carbocycles. The van der Waals surface area contributed by atoms with Crippen LogP contribution in [-0.4, -0.2) is 5.91 Å². The van der Waals surface area contributed by atoms with Gasteiger partial charge in [0.15, 0.2) is 0 Å². The van der Waals surface area contributed by atoms with Gasteiger partial charge >= 0.3 is 0 Å². The molecule has 3 rings (SSSR count). The molecule has 2 nitrogen and oxygen atoms in total. The molecular weight excluding hydrogens is 246 g/mol. The summed E-state index contributed by atoms with van der Waals surface area (Å²) in [7, 11) is 0. The van der Waals surface area contributed by atoms with Crippen molar-refractivity contribution in [3.8, 4) is 0 Å². The minimum Gasteiger partial charge on any atom is -0.322 e. The van der Waals surface area contributed by atoms with E-state index in [9.17, 15) is 4.79 Å². The second kappa shape index (κ2) is 5.12. The minimum absolute atomic E-state index is 0.0200. The fraction of sp³-hybridized carbons (Fsp3) is 0.278. The SMILES string of the molecule is Cc1ccc(C)c(NC(=O)c2ccc3c(c2)CCC3)c1. The number of aryl methyl sites for hydroxylation is 4. The summed E-state index contributed by atoms with van der Waals surface area (Å²) < 4.78 is 0. The molecule has 0 heterocycles. The molecule has 0 fully saturated rings. The van der Waals surface area contributed by atoms with E-state index >= 15 is 0 Å². The van der Waals surface area contributed by atoms with Crippen LogP contribution in [0.2, 0.25) is 0 Å². The predicted molar refractivity (Wildman–Crippen MR) is 82.3 cm³/mol. The van der Waals surface area contributed by atoms with Gasteiger partial charge in [-0.25, -0.2) is 0 Å². The summed E-state index contributed by atoms with van der Waals surface area (Å²) in [5, 5.41) is 3.02. The normalized spacial score (nSPS) is 13.1. The number of amides is 1. The van der Waals surface area contributed by atoms with Crippen molar-refractivity contribution in [3.63, 3.8) is 0 Å². The number of benzene rings is 2. The highest BCUT2D eigenvalue weighted by Crippen LogP contribution is 2.24. The summed E-state index contributed by atoms with van der Waals surface area (Å²) in [6, 6.07) is 12.2. The molecule has 0 bridgehead atoms. The van der Waals surface area contributed by atoms with Gasteiger partial charge in [-0.3, -0.25) is 4.79 Å². The summed E-state index contributed by atoms with van der Waals surface area (Å²) in [4.78, 5) is 12.4. The van der Waals surface area contributed by atoms with Crippen LogP contribution >= 0.6 is 0 Å². The van der Waals surface area contributed by atoms with Crippen LogP contribution in [0.15, 0.2) is 36.4 Å². The summed E-state index contributed by atoms with van der Waals surface area (Å²) in [6.45, 7) is 4.04. The molecule has 1 amide bonds. The van der Waals surface area contributed by atoms with Crippen LogP contribution in [0.1, 0.15) is 39.0 Å². The number of fused-ring (bicyclic) bond motifs is 1. The largest absolute Gasteiger partial charge is 0.322 e. The van der Waals surface area contributed by atoms with E-state index in [1.165, 1.54) is 17.5 Å². The zero-order valence-corrected chi connectivity index (χ0v) is 12.0. The molecule has 0 aromatic heterocycles. The molecular formula is C18H19NO. The first-order chi connectivity index (χ1) is 9.63. The van der Waals surface area contributed by atoms with Crippen LogP contribution in [0.5, 0.6) is 0 Å². The van der Waals surface area contributed by atoms with Crippen molar-refractivity contribution in [1.29, 1.82) is 0 Å². The van der Waals surface area contributed by atoms with Crippen molar-refractivity contribution in [1.82, 2.24) is 0 Å².